The molecule has 27 heavy (non-hydrogen) atoms. The predicted octanol–water partition coefficient (Wildman–Crippen LogP) is 2.61. The molecule has 2 heterocycles. The van der Waals surface area contributed by atoms with Crippen LogP contribution in [0, 0.1) is 0 Å². The number of benzene rings is 1. The molecule has 2 aromatic rings. The Balaban J connectivity index is 1.68. The van der Waals surface area contributed by atoms with Crippen molar-refractivity contribution >= 4 is 50.3 Å². The fraction of sp³-hybridized carbons (Fsp3) is 0.294. The Kier molecular flexibility index (Phi) is 5.97. The van der Waals surface area contributed by atoms with Gasteiger partial charge in [-0.25, -0.2) is 4.98 Å². The van der Waals surface area contributed by atoms with E-state index in [1.165, 1.54) is 40.1 Å². The van der Waals surface area contributed by atoms with Gasteiger partial charge in [-0.05, 0) is 17.7 Å². The largest absolute Gasteiger partial charge is 0.298 e. The molecule has 0 saturated carbocycles. The molecule has 1 aromatic heterocycles. The zero-order valence-electron chi connectivity index (χ0n) is 14.8. The van der Waals surface area contributed by atoms with Crippen LogP contribution in [0.15, 0.2) is 30.3 Å². The second kappa shape index (κ2) is 8.07. The van der Waals surface area contributed by atoms with Crippen molar-refractivity contribution < 1.29 is 13.2 Å². The first kappa shape index (κ1) is 20.0. The number of carbonyl (C=O) groups excluding carboxylic acids is 1. The van der Waals surface area contributed by atoms with Crippen LogP contribution in [0.25, 0.3) is 6.08 Å². The zero-order valence-corrected chi connectivity index (χ0v) is 17.2. The molecule has 10 heteroatoms. The molecule has 0 radical (unpaired) electrons. The lowest BCUT2D eigenvalue weighted by atomic mass is 10.2. The van der Waals surface area contributed by atoms with Gasteiger partial charge < -0.3 is 0 Å². The lowest BCUT2D eigenvalue weighted by molar-refractivity contribution is -0.111. The first-order chi connectivity index (χ1) is 12.8. The lowest BCUT2D eigenvalue weighted by Crippen LogP contribution is -2.42. The molecule has 3 rings (SSSR count). The van der Waals surface area contributed by atoms with Crippen molar-refractivity contribution in [1.82, 2.24) is 13.6 Å². The Morgan fingerprint density at radius 3 is 2.81 bits per heavy atom. The normalized spacial score (nSPS) is 15.3. The number of nitrogens with zero attached hydrogens (tertiary/aromatic N) is 3. The number of aromatic nitrogens is 1. The number of fused-ring (bicyclic) bond motifs is 1. The molecule has 1 amide bonds. The summed E-state index contributed by atoms with van der Waals surface area (Å²) in [6.07, 6.45) is 3.55. The Morgan fingerprint density at radius 1 is 1.37 bits per heavy atom. The Bertz CT molecular complexity index is 986. The van der Waals surface area contributed by atoms with Crippen LogP contribution < -0.4 is 5.32 Å². The van der Waals surface area contributed by atoms with E-state index in [1.54, 1.807) is 12.1 Å². The van der Waals surface area contributed by atoms with Crippen molar-refractivity contribution in [3.63, 3.8) is 0 Å². The van der Waals surface area contributed by atoms with E-state index in [9.17, 15) is 13.2 Å². The molecule has 144 valence electrons. The minimum absolute atomic E-state index is 0.263. The maximum Gasteiger partial charge on any atom is 0.281 e. The van der Waals surface area contributed by atoms with Crippen LogP contribution in [0.3, 0.4) is 0 Å². The molecule has 1 aliphatic rings. The average molecular weight is 427 g/mol. The first-order valence-corrected chi connectivity index (χ1v) is 10.8. The van der Waals surface area contributed by atoms with Crippen LogP contribution in [0.4, 0.5) is 5.13 Å². The van der Waals surface area contributed by atoms with Crippen LogP contribution in [-0.2, 0) is 28.0 Å². The number of hydrogen-bond donors (Lipinski definition) is 1. The third kappa shape index (κ3) is 4.56. The molecule has 0 unspecified atom stereocenters. The van der Waals surface area contributed by atoms with Crippen LogP contribution in [0.1, 0.15) is 16.1 Å². The molecule has 0 saturated heterocycles. The summed E-state index contributed by atoms with van der Waals surface area (Å²) in [5.74, 6) is -0.321. The van der Waals surface area contributed by atoms with Crippen LogP contribution in [0.5, 0.6) is 0 Å². The average Bonchev–Trinajstić information content (AvgIpc) is 3.02. The van der Waals surface area contributed by atoms with Crippen molar-refractivity contribution in [2.75, 3.05) is 26.0 Å². The SMILES string of the molecule is CN(C)S(=O)(=O)N1CCc2nc(NC(=O)/C=C/c3ccccc3Cl)sc2C1. The first-order valence-electron chi connectivity index (χ1n) is 8.17. The Morgan fingerprint density at radius 2 is 2.11 bits per heavy atom. The number of amides is 1. The molecule has 0 fully saturated rings. The molecule has 1 aromatic carbocycles. The van der Waals surface area contributed by atoms with Gasteiger partial charge in [-0.1, -0.05) is 29.8 Å². The molecule has 7 nitrogen and oxygen atoms in total. The van der Waals surface area contributed by atoms with E-state index in [4.69, 9.17) is 11.6 Å². The highest BCUT2D eigenvalue weighted by Gasteiger charge is 2.30. The molecule has 1 aliphatic heterocycles. The fourth-order valence-corrected chi connectivity index (χ4v) is 4.96. The summed E-state index contributed by atoms with van der Waals surface area (Å²) < 4.78 is 27.2. The van der Waals surface area contributed by atoms with Gasteiger partial charge in [0.15, 0.2) is 5.13 Å². The summed E-state index contributed by atoms with van der Waals surface area (Å²) in [7, 11) is -0.448. The van der Waals surface area contributed by atoms with Crippen molar-refractivity contribution in [3.8, 4) is 0 Å². The van der Waals surface area contributed by atoms with Crippen molar-refractivity contribution in [1.29, 1.82) is 0 Å². The standard InChI is InChI=1S/C17H19ClN4O3S2/c1-21(2)27(24,25)22-10-9-14-15(11-22)26-17(19-14)20-16(23)8-7-12-5-3-4-6-13(12)18/h3-8H,9-11H2,1-2H3,(H,19,20,23)/b8-7+. The monoisotopic (exact) mass is 426 g/mol. The van der Waals surface area contributed by atoms with Gasteiger partial charge in [0.2, 0.25) is 5.91 Å². The van der Waals surface area contributed by atoms with Crippen LogP contribution in [-0.4, -0.2) is 48.6 Å². The third-order valence-corrected chi connectivity index (χ3v) is 7.26. The van der Waals surface area contributed by atoms with Gasteiger partial charge in [0, 0.05) is 43.0 Å². The van der Waals surface area contributed by atoms with Gasteiger partial charge in [0.25, 0.3) is 10.2 Å². The van der Waals surface area contributed by atoms with E-state index in [0.717, 1.165) is 16.1 Å². The van der Waals surface area contributed by atoms with Crippen molar-refractivity contribution in [3.05, 3.63) is 51.5 Å². The van der Waals surface area contributed by atoms with Gasteiger partial charge in [0.1, 0.15) is 0 Å². The predicted molar refractivity (Wildman–Crippen MR) is 108 cm³/mol. The molecular formula is C17H19ClN4O3S2. The highest BCUT2D eigenvalue weighted by Crippen LogP contribution is 2.29. The van der Waals surface area contributed by atoms with E-state index in [2.05, 4.69) is 10.3 Å². The number of thiazole rings is 1. The van der Waals surface area contributed by atoms with E-state index < -0.39 is 10.2 Å². The van der Waals surface area contributed by atoms with E-state index in [1.807, 2.05) is 18.2 Å². The second-order valence-corrected chi connectivity index (χ2v) is 9.74. The highest BCUT2D eigenvalue weighted by atomic mass is 35.5. The smallest absolute Gasteiger partial charge is 0.281 e. The summed E-state index contributed by atoms with van der Waals surface area (Å²) in [5, 5.41) is 3.75. The molecule has 0 spiro atoms. The summed E-state index contributed by atoms with van der Waals surface area (Å²) >= 11 is 7.35. The number of halogens is 1. The Labute approximate surface area is 167 Å². The number of nitrogens with one attached hydrogen (secondary N) is 1. The van der Waals surface area contributed by atoms with Crippen molar-refractivity contribution in [2.24, 2.45) is 0 Å². The lowest BCUT2D eigenvalue weighted by Gasteiger charge is -2.27. The molecular weight excluding hydrogens is 408 g/mol. The number of rotatable bonds is 5. The summed E-state index contributed by atoms with van der Waals surface area (Å²) in [5.41, 5.74) is 1.58. The van der Waals surface area contributed by atoms with E-state index in [-0.39, 0.29) is 12.5 Å². The van der Waals surface area contributed by atoms with Crippen LogP contribution in [0.2, 0.25) is 5.02 Å². The van der Waals surface area contributed by atoms with Gasteiger partial charge in [0.05, 0.1) is 12.2 Å². The number of carbonyl (C=O) groups is 1. The quantitative estimate of drug-likeness (QED) is 0.745. The summed E-state index contributed by atoms with van der Waals surface area (Å²) in [6, 6.07) is 7.22. The topological polar surface area (TPSA) is 82.6 Å². The summed E-state index contributed by atoms with van der Waals surface area (Å²) in [6.45, 7) is 0.635. The Hall–Kier alpha value is -1.78. The number of anilines is 1. The third-order valence-electron chi connectivity index (χ3n) is 4.03. The zero-order chi connectivity index (χ0) is 19.6. The molecule has 1 N–H and O–H groups in total. The highest BCUT2D eigenvalue weighted by molar-refractivity contribution is 7.86. The molecule has 0 atom stereocenters. The molecule has 0 bridgehead atoms. The second-order valence-electron chi connectivity index (χ2n) is 6.11. The van der Waals surface area contributed by atoms with Gasteiger partial charge >= 0.3 is 0 Å². The fourth-order valence-electron chi connectivity index (χ4n) is 2.58. The van der Waals surface area contributed by atoms with Crippen molar-refractivity contribution in [2.45, 2.75) is 13.0 Å². The van der Waals surface area contributed by atoms with E-state index in [0.29, 0.717) is 23.1 Å². The van der Waals surface area contributed by atoms with Gasteiger partial charge in [-0.2, -0.15) is 17.0 Å². The summed E-state index contributed by atoms with van der Waals surface area (Å²) in [4.78, 5) is 17.4. The van der Waals surface area contributed by atoms with Gasteiger partial charge in [-0.3, -0.25) is 10.1 Å². The minimum Gasteiger partial charge on any atom is -0.298 e. The maximum absolute atomic E-state index is 12.3. The van der Waals surface area contributed by atoms with Gasteiger partial charge in [-0.15, -0.1) is 11.3 Å². The minimum atomic E-state index is -3.47. The van der Waals surface area contributed by atoms with Crippen LogP contribution >= 0.6 is 22.9 Å². The molecule has 0 aliphatic carbocycles. The van der Waals surface area contributed by atoms with E-state index >= 15 is 0 Å². The maximum atomic E-state index is 12.3. The number of hydrogen-bond acceptors (Lipinski definition) is 5.